The Labute approximate surface area is 73.8 Å². The van der Waals surface area contributed by atoms with Gasteiger partial charge in [-0.2, -0.15) is 0 Å². The third kappa shape index (κ3) is 3.04. The molecule has 0 saturated carbocycles. The molecular weight excluding hydrogens is 176 g/mol. The van der Waals surface area contributed by atoms with Gasteiger partial charge in [-0.3, -0.25) is 9.36 Å². The maximum atomic E-state index is 11.1. The van der Waals surface area contributed by atoms with Crippen LogP contribution in [0.2, 0.25) is 0 Å². The van der Waals surface area contributed by atoms with Crippen molar-refractivity contribution in [1.29, 1.82) is 0 Å². The lowest BCUT2D eigenvalue weighted by molar-refractivity contribution is -0.141. The SMILES string of the molecule is O=C(O)COCC(=O)n1ccnc1. The molecule has 0 amide bonds. The third-order valence-electron chi connectivity index (χ3n) is 1.24. The average molecular weight is 184 g/mol. The fraction of sp³-hybridized carbons (Fsp3) is 0.286. The van der Waals surface area contributed by atoms with E-state index in [2.05, 4.69) is 9.72 Å². The fourth-order valence-corrected chi connectivity index (χ4v) is 0.707. The molecule has 6 heteroatoms. The molecule has 1 aromatic rings. The molecule has 0 unspecified atom stereocenters. The Kier molecular flexibility index (Phi) is 3.15. The Balaban J connectivity index is 2.31. The molecule has 6 nitrogen and oxygen atoms in total. The van der Waals surface area contributed by atoms with Crippen LogP contribution in [0.3, 0.4) is 0 Å². The summed E-state index contributed by atoms with van der Waals surface area (Å²) in [6, 6.07) is 0. The van der Waals surface area contributed by atoms with Crippen molar-refractivity contribution in [2.45, 2.75) is 0 Å². The average Bonchev–Trinajstić information content (AvgIpc) is 2.55. The first-order valence-corrected chi connectivity index (χ1v) is 3.51. The van der Waals surface area contributed by atoms with E-state index in [4.69, 9.17) is 5.11 Å². The Morgan fingerprint density at radius 2 is 2.23 bits per heavy atom. The van der Waals surface area contributed by atoms with Gasteiger partial charge in [0.2, 0.25) is 0 Å². The number of aliphatic carboxylic acids is 1. The van der Waals surface area contributed by atoms with Crippen LogP contribution in [0.15, 0.2) is 18.7 Å². The van der Waals surface area contributed by atoms with Crippen molar-refractivity contribution in [3.8, 4) is 0 Å². The van der Waals surface area contributed by atoms with E-state index in [1.54, 1.807) is 0 Å². The monoisotopic (exact) mass is 184 g/mol. The standard InChI is InChI=1S/C7H8N2O4/c10-6(3-13-4-7(11)12)9-2-1-8-5-9/h1-2,5H,3-4H2,(H,11,12). The van der Waals surface area contributed by atoms with E-state index < -0.39 is 12.6 Å². The molecule has 0 bridgehead atoms. The highest BCUT2D eigenvalue weighted by Gasteiger charge is 2.04. The highest BCUT2D eigenvalue weighted by atomic mass is 16.5. The first kappa shape index (κ1) is 9.40. The summed E-state index contributed by atoms with van der Waals surface area (Å²) in [5.74, 6) is -1.45. The van der Waals surface area contributed by atoms with Gasteiger partial charge in [-0.1, -0.05) is 0 Å². The van der Waals surface area contributed by atoms with E-state index in [1.165, 1.54) is 23.3 Å². The van der Waals surface area contributed by atoms with Crippen molar-refractivity contribution in [1.82, 2.24) is 9.55 Å². The van der Waals surface area contributed by atoms with E-state index >= 15 is 0 Å². The molecular formula is C7H8N2O4. The summed E-state index contributed by atoms with van der Waals surface area (Å²) in [7, 11) is 0. The number of rotatable bonds is 4. The number of hydrogen-bond donors (Lipinski definition) is 1. The smallest absolute Gasteiger partial charge is 0.329 e. The largest absolute Gasteiger partial charge is 0.480 e. The van der Waals surface area contributed by atoms with E-state index in [1.807, 2.05) is 0 Å². The van der Waals surface area contributed by atoms with Crippen LogP contribution >= 0.6 is 0 Å². The molecule has 0 aliphatic rings. The summed E-state index contributed by atoms with van der Waals surface area (Å²) >= 11 is 0. The number of nitrogens with zero attached hydrogens (tertiary/aromatic N) is 2. The van der Waals surface area contributed by atoms with Gasteiger partial charge in [-0.15, -0.1) is 0 Å². The number of carbonyl (C=O) groups is 2. The van der Waals surface area contributed by atoms with Crippen LogP contribution < -0.4 is 0 Å². The zero-order valence-electron chi connectivity index (χ0n) is 6.71. The number of carboxylic acid groups (broad SMARTS) is 1. The molecule has 0 aromatic carbocycles. The molecule has 0 aliphatic carbocycles. The van der Waals surface area contributed by atoms with Gasteiger partial charge in [-0.05, 0) is 0 Å². The van der Waals surface area contributed by atoms with Gasteiger partial charge >= 0.3 is 5.97 Å². The van der Waals surface area contributed by atoms with Crippen LogP contribution in [0.5, 0.6) is 0 Å². The van der Waals surface area contributed by atoms with E-state index in [9.17, 15) is 9.59 Å². The van der Waals surface area contributed by atoms with Crippen LogP contribution in [-0.2, 0) is 9.53 Å². The van der Waals surface area contributed by atoms with Gasteiger partial charge in [0, 0.05) is 12.4 Å². The first-order chi connectivity index (χ1) is 6.20. The topological polar surface area (TPSA) is 81.4 Å². The number of aromatic nitrogens is 2. The van der Waals surface area contributed by atoms with Crippen LogP contribution in [0.4, 0.5) is 0 Å². The van der Waals surface area contributed by atoms with Crippen LogP contribution in [0.25, 0.3) is 0 Å². The van der Waals surface area contributed by atoms with Crippen molar-refractivity contribution < 1.29 is 19.4 Å². The quantitative estimate of drug-likeness (QED) is 0.690. The summed E-state index contributed by atoms with van der Waals surface area (Å²) in [5.41, 5.74) is 0. The molecule has 0 saturated heterocycles. The summed E-state index contributed by atoms with van der Waals surface area (Å²) in [6.07, 6.45) is 4.24. The van der Waals surface area contributed by atoms with Crippen molar-refractivity contribution in [2.24, 2.45) is 0 Å². The molecule has 0 aliphatic heterocycles. The molecule has 1 rings (SSSR count). The van der Waals surface area contributed by atoms with Crippen molar-refractivity contribution >= 4 is 11.9 Å². The molecule has 1 aromatic heterocycles. The van der Waals surface area contributed by atoms with Gasteiger partial charge < -0.3 is 9.84 Å². The van der Waals surface area contributed by atoms with Gasteiger partial charge in [0.1, 0.15) is 19.5 Å². The van der Waals surface area contributed by atoms with Crippen LogP contribution in [0, 0.1) is 0 Å². The predicted molar refractivity (Wildman–Crippen MR) is 41.3 cm³/mol. The fourth-order valence-electron chi connectivity index (χ4n) is 0.707. The van der Waals surface area contributed by atoms with E-state index in [-0.39, 0.29) is 12.5 Å². The van der Waals surface area contributed by atoms with Crippen molar-refractivity contribution in [3.05, 3.63) is 18.7 Å². The number of carboxylic acids is 1. The Morgan fingerprint density at radius 3 is 2.77 bits per heavy atom. The lowest BCUT2D eigenvalue weighted by Crippen LogP contribution is -2.18. The first-order valence-electron chi connectivity index (χ1n) is 3.51. The van der Waals surface area contributed by atoms with Gasteiger partial charge in [0.15, 0.2) is 0 Å². The van der Waals surface area contributed by atoms with E-state index in [0.29, 0.717) is 0 Å². The lowest BCUT2D eigenvalue weighted by Gasteiger charge is -2.00. The Morgan fingerprint density at radius 1 is 1.46 bits per heavy atom. The van der Waals surface area contributed by atoms with Gasteiger partial charge in [0.05, 0.1) is 0 Å². The summed E-state index contributed by atoms with van der Waals surface area (Å²) in [4.78, 5) is 24.8. The highest BCUT2D eigenvalue weighted by Crippen LogP contribution is 1.87. The molecule has 0 spiro atoms. The Hall–Kier alpha value is -1.69. The second-order valence-corrected chi connectivity index (χ2v) is 2.25. The number of ether oxygens (including phenoxy) is 1. The normalized spacial score (nSPS) is 9.85. The molecule has 1 N–H and O–H groups in total. The zero-order chi connectivity index (χ0) is 9.68. The maximum absolute atomic E-state index is 11.1. The molecule has 70 valence electrons. The Bertz CT molecular complexity index is 293. The molecule has 0 fully saturated rings. The van der Waals surface area contributed by atoms with E-state index in [0.717, 1.165) is 0 Å². The minimum Gasteiger partial charge on any atom is -0.480 e. The van der Waals surface area contributed by atoms with Crippen LogP contribution in [-0.4, -0.2) is 39.7 Å². The van der Waals surface area contributed by atoms with Crippen molar-refractivity contribution in [2.75, 3.05) is 13.2 Å². The molecule has 0 atom stereocenters. The lowest BCUT2D eigenvalue weighted by atomic mass is 10.6. The maximum Gasteiger partial charge on any atom is 0.329 e. The molecule has 1 heterocycles. The molecule has 0 radical (unpaired) electrons. The number of hydrogen-bond acceptors (Lipinski definition) is 4. The second kappa shape index (κ2) is 4.36. The second-order valence-electron chi connectivity index (χ2n) is 2.25. The van der Waals surface area contributed by atoms with Gasteiger partial charge in [0.25, 0.3) is 5.91 Å². The number of carbonyl (C=O) groups excluding carboxylic acids is 1. The van der Waals surface area contributed by atoms with Crippen molar-refractivity contribution in [3.63, 3.8) is 0 Å². The van der Waals surface area contributed by atoms with Crippen LogP contribution in [0.1, 0.15) is 4.79 Å². The third-order valence-corrected chi connectivity index (χ3v) is 1.24. The minimum absolute atomic E-state index is 0.261. The summed E-state index contributed by atoms with van der Waals surface area (Å²) < 4.78 is 5.81. The summed E-state index contributed by atoms with van der Waals surface area (Å²) in [5, 5.41) is 8.20. The highest BCUT2D eigenvalue weighted by molar-refractivity contribution is 5.80. The molecule has 13 heavy (non-hydrogen) atoms. The summed E-state index contributed by atoms with van der Waals surface area (Å²) in [6.45, 7) is -0.733. The van der Waals surface area contributed by atoms with Gasteiger partial charge in [-0.25, -0.2) is 9.78 Å². The minimum atomic E-state index is -1.10. The number of imidazole rings is 1. The zero-order valence-corrected chi connectivity index (χ0v) is 6.71. The predicted octanol–water partition coefficient (Wildman–Crippen LogP) is -0.376.